The molecule has 0 heterocycles. The van der Waals surface area contributed by atoms with Gasteiger partial charge in [0.15, 0.2) is 0 Å². The third-order valence-corrected chi connectivity index (χ3v) is 2.67. The molecule has 2 nitrogen and oxygen atoms in total. The highest BCUT2D eigenvalue weighted by Gasteiger charge is 2.03. The average Bonchev–Trinajstić information content (AvgIpc) is 2.41. The zero-order valence-corrected chi connectivity index (χ0v) is 10.9. The van der Waals surface area contributed by atoms with Crippen molar-refractivity contribution in [2.75, 3.05) is 0 Å². The number of esters is 1. The van der Waals surface area contributed by atoms with Crippen LogP contribution in [-0.2, 0) is 11.2 Å². The fourth-order valence-electron chi connectivity index (χ4n) is 1.81. The van der Waals surface area contributed by atoms with E-state index >= 15 is 0 Å². The molecule has 2 aromatic rings. The van der Waals surface area contributed by atoms with Gasteiger partial charge in [-0.1, -0.05) is 60.7 Å². The maximum atomic E-state index is 11.0. The summed E-state index contributed by atoms with van der Waals surface area (Å²) in [6.45, 7) is 1.41. The summed E-state index contributed by atoms with van der Waals surface area (Å²) in [5.41, 5.74) is 2.16. The highest BCUT2D eigenvalue weighted by Crippen LogP contribution is 2.19. The van der Waals surface area contributed by atoms with Gasteiger partial charge in [0.05, 0.1) is 0 Å². The van der Waals surface area contributed by atoms with Crippen molar-refractivity contribution < 1.29 is 9.53 Å². The summed E-state index contributed by atoms with van der Waals surface area (Å²) < 4.78 is 5.18. The molecule has 0 amide bonds. The largest absolute Gasteiger partial charge is 0.426 e. The molecule has 0 N–H and O–H groups in total. The predicted octanol–water partition coefficient (Wildman–Crippen LogP) is 3.87. The summed E-state index contributed by atoms with van der Waals surface area (Å²) in [7, 11) is 0. The lowest BCUT2D eigenvalue weighted by Gasteiger charge is -2.06. The van der Waals surface area contributed by atoms with Crippen molar-refractivity contribution in [1.29, 1.82) is 0 Å². The third-order valence-electron chi connectivity index (χ3n) is 2.67. The van der Waals surface area contributed by atoms with Gasteiger partial charge in [0.25, 0.3) is 0 Å². The van der Waals surface area contributed by atoms with Crippen molar-refractivity contribution >= 4 is 12.0 Å². The maximum absolute atomic E-state index is 11.0. The molecule has 19 heavy (non-hydrogen) atoms. The molecule has 2 aromatic carbocycles. The van der Waals surface area contributed by atoms with Crippen molar-refractivity contribution in [2.45, 2.75) is 13.3 Å². The van der Waals surface area contributed by atoms with Gasteiger partial charge in [-0.15, -0.1) is 0 Å². The Kier molecular flexibility index (Phi) is 4.51. The molecule has 0 aliphatic rings. The second-order valence-corrected chi connectivity index (χ2v) is 4.22. The molecule has 0 fully saturated rings. The van der Waals surface area contributed by atoms with Crippen LogP contribution in [0.15, 0.2) is 60.7 Å². The molecule has 0 atom stereocenters. The van der Waals surface area contributed by atoms with Gasteiger partial charge in [-0.3, -0.25) is 4.79 Å². The van der Waals surface area contributed by atoms with Gasteiger partial charge in [-0.05, 0) is 23.6 Å². The van der Waals surface area contributed by atoms with E-state index in [1.54, 1.807) is 0 Å². The van der Waals surface area contributed by atoms with Crippen molar-refractivity contribution in [3.05, 3.63) is 71.8 Å². The first kappa shape index (κ1) is 13.1. The molecule has 0 saturated heterocycles. The first-order chi connectivity index (χ1) is 9.25. The first-order valence-electron chi connectivity index (χ1n) is 6.23. The zero-order valence-electron chi connectivity index (χ0n) is 10.9. The second-order valence-electron chi connectivity index (χ2n) is 4.22. The number of rotatable bonds is 4. The van der Waals surface area contributed by atoms with Crippen molar-refractivity contribution in [2.24, 2.45) is 0 Å². The van der Waals surface area contributed by atoms with Gasteiger partial charge in [-0.2, -0.15) is 0 Å². The molecule has 0 unspecified atom stereocenters. The minimum absolute atomic E-state index is 0.292. The smallest absolute Gasteiger partial charge is 0.308 e. The van der Waals surface area contributed by atoms with E-state index < -0.39 is 0 Å². The van der Waals surface area contributed by atoms with E-state index in [2.05, 4.69) is 24.3 Å². The molecule has 0 aliphatic carbocycles. The summed E-state index contributed by atoms with van der Waals surface area (Å²) in [5.74, 6) is 0.340. The van der Waals surface area contributed by atoms with Crippen LogP contribution in [0.2, 0.25) is 0 Å². The van der Waals surface area contributed by atoms with Crippen LogP contribution in [0.4, 0.5) is 0 Å². The van der Waals surface area contributed by atoms with Crippen LogP contribution in [-0.4, -0.2) is 5.97 Å². The van der Waals surface area contributed by atoms with E-state index in [-0.39, 0.29) is 5.97 Å². The van der Waals surface area contributed by atoms with E-state index in [1.165, 1.54) is 6.92 Å². The number of carbonyl (C=O) groups is 1. The van der Waals surface area contributed by atoms with Crippen LogP contribution >= 0.6 is 0 Å². The standard InChI is InChI=1S/C17H16O2/c1-14(18)19-17-13-6-5-11-16(17)12-7-10-15-8-3-2-4-9-15/h2-11,13H,12H2,1H3/b10-7-. The fourth-order valence-corrected chi connectivity index (χ4v) is 1.81. The van der Waals surface area contributed by atoms with Crippen LogP contribution in [0.5, 0.6) is 5.75 Å². The maximum Gasteiger partial charge on any atom is 0.308 e. The molecule has 0 aromatic heterocycles. The molecule has 2 heteroatoms. The van der Waals surface area contributed by atoms with Gasteiger partial charge < -0.3 is 4.74 Å². The molecule has 0 bridgehead atoms. The normalized spacial score (nSPS) is 10.6. The summed E-state index contributed by atoms with van der Waals surface area (Å²) in [6, 6.07) is 17.7. The molecule has 0 spiro atoms. The predicted molar refractivity (Wildman–Crippen MR) is 76.9 cm³/mol. The molecule has 0 radical (unpaired) electrons. The lowest BCUT2D eigenvalue weighted by Crippen LogP contribution is -2.03. The zero-order chi connectivity index (χ0) is 13.5. The lowest BCUT2D eigenvalue weighted by atomic mass is 10.1. The Morgan fingerprint density at radius 1 is 1.05 bits per heavy atom. The fraction of sp³-hybridized carbons (Fsp3) is 0.118. The highest BCUT2D eigenvalue weighted by molar-refractivity contribution is 5.69. The third kappa shape index (κ3) is 4.11. The lowest BCUT2D eigenvalue weighted by molar-refractivity contribution is -0.131. The summed E-state index contributed by atoms with van der Waals surface area (Å²) in [6.07, 6.45) is 4.86. The van der Waals surface area contributed by atoms with Crippen LogP contribution in [0, 0.1) is 0 Å². The summed E-state index contributed by atoms with van der Waals surface area (Å²) in [4.78, 5) is 11.0. The van der Waals surface area contributed by atoms with E-state index in [1.807, 2.05) is 42.5 Å². The Balaban J connectivity index is 2.07. The number of ether oxygens (including phenoxy) is 1. The van der Waals surface area contributed by atoms with Crippen LogP contribution in [0.25, 0.3) is 6.08 Å². The monoisotopic (exact) mass is 252 g/mol. The van der Waals surface area contributed by atoms with Gasteiger partial charge >= 0.3 is 5.97 Å². The number of benzene rings is 2. The minimum Gasteiger partial charge on any atom is -0.426 e. The van der Waals surface area contributed by atoms with Crippen molar-refractivity contribution in [3.8, 4) is 5.75 Å². The molecule has 2 rings (SSSR count). The molecular formula is C17H16O2. The number of allylic oxidation sites excluding steroid dienone is 1. The van der Waals surface area contributed by atoms with Gasteiger partial charge in [0.2, 0.25) is 0 Å². The molecular weight excluding hydrogens is 236 g/mol. The van der Waals surface area contributed by atoms with E-state index in [9.17, 15) is 4.79 Å². The van der Waals surface area contributed by atoms with Gasteiger partial charge in [0.1, 0.15) is 5.75 Å². The quantitative estimate of drug-likeness (QED) is 0.610. The first-order valence-corrected chi connectivity index (χ1v) is 6.23. The number of carbonyl (C=O) groups excluding carboxylic acids is 1. The van der Waals surface area contributed by atoms with Crippen LogP contribution < -0.4 is 4.74 Å². The Labute approximate surface area is 113 Å². The summed E-state index contributed by atoms with van der Waals surface area (Å²) >= 11 is 0. The number of hydrogen-bond acceptors (Lipinski definition) is 2. The summed E-state index contributed by atoms with van der Waals surface area (Å²) in [5, 5.41) is 0. The Morgan fingerprint density at radius 3 is 2.47 bits per heavy atom. The topological polar surface area (TPSA) is 26.3 Å². The highest BCUT2D eigenvalue weighted by atomic mass is 16.5. The van der Waals surface area contributed by atoms with Crippen molar-refractivity contribution in [3.63, 3.8) is 0 Å². The SMILES string of the molecule is CC(=O)Oc1ccccc1C/C=C\c1ccccc1. The van der Waals surface area contributed by atoms with E-state index in [0.717, 1.165) is 17.5 Å². The number of para-hydroxylation sites is 1. The Bertz CT molecular complexity index is 571. The minimum atomic E-state index is -0.292. The number of hydrogen-bond donors (Lipinski definition) is 0. The molecule has 96 valence electrons. The molecule has 0 aliphatic heterocycles. The van der Waals surface area contributed by atoms with Crippen LogP contribution in [0.1, 0.15) is 18.1 Å². The van der Waals surface area contributed by atoms with Gasteiger partial charge in [0, 0.05) is 6.92 Å². The van der Waals surface area contributed by atoms with Gasteiger partial charge in [-0.25, -0.2) is 0 Å². The van der Waals surface area contributed by atoms with E-state index in [0.29, 0.717) is 5.75 Å². The van der Waals surface area contributed by atoms with Crippen molar-refractivity contribution in [1.82, 2.24) is 0 Å². The van der Waals surface area contributed by atoms with Crippen LogP contribution in [0.3, 0.4) is 0 Å². The van der Waals surface area contributed by atoms with E-state index in [4.69, 9.17) is 4.74 Å². The Morgan fingerprint density at radius 2 is 1.74 bits per heavy atom. The Hall–Kier alpha value is -2.35. The molecule has 0 saturated carbocycles. The second kappa shape index (κ2) is 6.55. The average molecular weight is 252 g/mol.